The molecule has 3 atom stereocenters. The number of alkyl halides is 17. The molecule has 0 heterocycles. The Labute approximate surface area is 175 Å². The topological polar surface area (TPSA) is 69.9 Å². The molecule has 0 saturated carbocycles. The van der Waals surface area contributed by atoms with Crippen LogP contribution in [-0.4, -0.2) is 88.1 Å². The van der Waals surface area contributed by atoms with Crippen molar-refractivity contribution in [1.29, 1.82) is 0 Å². The summed E-state index contributed by atoms with van der Waals surface area (Å²) in [6.45, 7) is -2.04. The van der Waals surface area contributed by atoms with Crippen molar-refractivity contribution in [3.8, 4) is 0 Å². The Hall–Kier alpha value is -1.35. The van der Waals surface area contributed by atoms with E-state index < -0.39 is 79.7 Å². The highest BCUT2D eigenvalue weighted by Gasteiger charge is 2.95. The normalized spacial score (nSPS) is 18.6. The van der Waals surface area contributed by atoms with Crippen molar-refractivity contribution >= 4 is 0 Å². The summed E-state index contributed by atoms with van der Waals surface area (Å²) in [5, 5.41) is 26.1. The Bertz CT molecular complexity index is 704. The van der Waals surface area contributed by atoms with Crippen LogP contribution in [0.3, 0.4) is 0 Å². The highest BCUT2D eigenvalue weighted by atomic mass is 19.4. The Morgan fingerprint density at radius 1 is 0.559 bits per heavy atom. The van der Waals surface area contributed by atoms with E-state index in [2.05, 4.69) is 4.74 Å². The predicted molar refractivity (Wildman–Crippen MR) is 70.3 cm³/mol. The Morgan fingerprint density at radius 3 is 1.15 bits per heavy atom. The maximum Gasteiger partial charge on any atom is 0.460 e. The van der Waals surface area contributed by atoms with Crippen molar-refractivity contribution < 1.29 is 94.7 Å². The third-order valence-electron chi connectivity index (χ3n) is 4.12. The maximum atomic E-state index is 13.8. The number of aliphatic hydroxyl groups is 3. The van der Waals surface area contributed by atoms with E-state index >= 15 is 0 Å². The highest BCUT2D eigenvalue weighted by molar-refractivity contribution is 5.15. The minimum Gasteiger partial charge on any atom is -0.393 e. The van der Waals surface area contributed by atoms with Crippen LogP contribution in [0.15, 0.2) is 0 Å². The molecule has 0 aromatic carbocycles. The molecular weight excluding hydrogens is 543 g/mol. The van der Waals surface area contributed by atoms with E-state index in [9.17, 15) is 74.6 Å². The molecule has 0 bridgehead atoms. The monoisotopic (exact) mass is 554 g/mol. The van der Waals surface area contributed by atoms with Crippen LogP contribution >= 0.6 is 0 Å². The van der Waals surface area contributed by atoms with Gasteiger partial charge in [-0.2, -0.15) is 74.6 Å². The van der Waals surface area contributed by atoms with Crippen LogP contribution in [0.1, 0.15) is 6.92 Å². The minimum absolute atomic E-state index is 0.458. The van der Waals surface area contributed by atoms with Crippen molar-refractivity contribution in [2.45, 2.75) is 73.1 Å². The first-order chi connectivity index (χ1) is 14.5. The molecule has 3 unspecified atom stereocenters. The zero-order valence-corrected chi connectivity index (χ0v) is 15.6. The van der Waals surface area contributed by atoms with Gasteiger partial charge in [-0.1, -0.05) is 0 Å². The van der Waals surface area contributed by atoms with Gasteiger partial charge in [-0.3, -0.25) is 0 Å². The molecule has 206 valence electrons. The van der Waals surface area contributed by atoms with Gasteiger partial charge >= 0.3 is 47.6 Å². The van der Waals surface area contributed by atoms with Gasteiger partial charge in [0, 0.05) is 0 Å². The lowest BCUT2D eigenvalue weighted by Crippen LogP contribution is -2.75. The van der Waals surface area contributed by atoms with E-state index in [0.29, 0.717) is 0 Å². The Morgan fingerprint density at radius 2 is 0.853 bits per heavy atom. The van der Waals surface area contributed by atoms with E-state index in [0.717, 1.165) is 0 Å². The highest BCUT2D eigenvalue weighted by Crippen LogP contribution is 2.64. The molecule has 21 heteroatoms. The summed E-state index contributed by atoms with van der Waals surface area (Å²) in [5.74, 6) is -57.7. The molecule has 0 aromatic rings. The smallest absolute Gasteiger partial charge is 0.393 e. The lowest BCUT2D eigenvalue weighted by Gasteiger charge is -2.43. The van der Waals surface area contributed by atoms with E-state index in [1.807, 2.05) is 0 Å². The van der Waals surface area contributed by atoms with Crippen LogP contribution in [0, 0.1) is 0 Å². The summed E-state index contributed by atoms with van der Waals surface area (Å²) >= 11 is 0. The number of ether oxygens (including phenoxy) is 1. The van der Waals surface area contributed by atoms with E-state index in [1.54, 1.807) is 0 Å². The van der Waals surface area contributed by atoms with Gasteiger partial charge in [0.1, 0.15) is 12.2 Å². The van der Waals surface area contributed by atoms with Crippen LogP contribution in [0.2, 0.25) is 0 Å². The van der Waals surface area contributed by atoms with Crippen LogP contribution < -0.4 is 0 Å². The van der Waals surface area contributed by atoms with E-state index in [4.69, 9.17) is 15.3 Å². The van der Waals surface area contributed by atoms with Crippen LogP contribution in [0.25, 0.3) is 0 Å². The third-order valence-corrected chi connectivity index (χ3v) is 4.12. The molecule has 0 rings (SSSR count). The summed E-state index contributed by atoms with van der Waals surface area (Å²) < 4.78 is 226. The SMILES string of the molecule is CC(OC(O)C(O)CO)C(F)(F)C(F)(F)C(F)(F)C(F)(F)C(F)(F)C(F)(F)C(F)(F)C(F)(F)F. The molecule has 34 heavy (non-hydrogen) atoms. The van der Waals surface area contributed by atoms with Gasteiger partial charge in [0.15, 0.2) is 6.29 Å². The third kappa shape index (κ3) is 4.47. The lowest BCUT2D eigenvalue weighted by atomic mass is 9.88. The summed E-state index contributed by atoms with van der Waals surface area (Å²) in [6.07, 6.45) is -17.6. The van der Waals surface area contributed by atoms with E-state index in [1.165, 1.54) is 0 Å². The van der Waals surface area contributed by atoms with Crippen LogP contribution in [0.5, 0.6) is 0 Å². The number of aliphatic hydroxyl groups excluding tert-OH is 3. The van der Waals surface area contributed by atoms with Crippen molar-refractivity contribution in [3.05, 3.63) is 0 Å². The zero-order chi connectivity index (χ0) is 28.1. The lowest BCUT2D eigenvalue weighted by molar-refractivity contribution is -0.465. The molecule has 0 spiro atoms. The standard InChI is InChI=1S/C13H11F17O4/c1-3(34-5(33)4(32)2-31)6(14,15)7(16,17)8(18,19)9(20,21)10(22,23)11(24,25)12(26,27)13(28,29)30/h3-5,31-33H,2H2,1H3. The van der Waals surface area contributed by atoms with Crippen LogP contribution in [0.4, 0.5) is 74.6 Å². The number of rotatable bonds is 11. The maximum absolute atomic E-state index is 13.8. The molecule has 3 N–H and O–H groups in total. The van der Waals surface area contributed by atoms with Crippen LogP contribution in [-0.2, 0) is 4.74 Å². The minimum atomic E-state index is -8.75. The Kier molecular flexibility index (Phi) is 8.59. The summed E-state index contributed by atoms with van der Waals surface area (Å²) in [7, 11) is 0. The molecular formula is C13H11F17O4. The summed E-state index contributed by atoms with van der Waals surface area (Å²) in [4.78, 5) is 0. The van der Waals surface area contributed by atoms with Crippen molar-refractivity contribution in [3.63, 3.8) is 0 Å². The molecule has 0 aliphatic heterocycles. The second-order valence-corrected chi connectivity index (χ2v) is 6.49. The van der Waals surface area contributed by atoms with E-state index in [-0.39, 0.29) is 0 Å². The molecule has 0 amide bonds. The summed E-state index contributed by atoms with van der Waals surface area (Å²) in [6, 6.07) is 0. The van der Waals surface area contributed by atoms with Gasteiger partial charge in [0.2, 0.25) is 0 Å². The first kappa shape index (κ1) is 32.7. The van der Waals surface area contributed by atoms with Gasteiger partial charge in [-0.25, -0.2) is 0 Å². The average Bonchev–Trinajstić information content (AvgIpc) is 2.64. The Balaban J connectivity index is 6.60. The molecule has 0 aromatic heterocycles. The molecule has 0 aliphatic rings. The summed E-state index contributed by atoms with van der Waals surface area (Å²) in [5.41, 5.74) is 0. The molecule has 0 radical (unpaired) electrons. The van der Waals surface area contributed by atoms with Gasteiger partial charge in [0.05, 0.1) is 6.61 Å². The van der Waals surface area contributed by atoms with Crippen molar-refractivity contribution in [2.24, 2.45) is 0 Å². The molecule has 0 aliphatic carbocycles. The fraction of sp³-hybridized carbons (Fsp3) is 1.00. The van der Waals surface area contributed by atoms with Gasteiger partial charge in [-0.05, 0) is 6.92 Å². The number of hydrogen-bond donors (Lipinski definition) is 3. The first-order valence-electron chi connectivity index (χ1n) is 7.87. The van der Waals surface area contributed by atoms with Gasteiger partial charge in [0.25, 0.3) is 0 Å². The largest absolute Gasteiger partial charge is 0.460 e. The van der Waals surface area contributed by atoms with Gasteiger partial charge < -0.3 is 20.1 Å². The quantitative estimate of drug-likeness (QED) is 0.266. The zero-order valence-electron chi connectivity index (χ0n) is 15.6. The fourth-order valence-electron chi connectivity index (χ4n) is 1.91. The molecule has 4 nitrogen and oxygen atoms in total. The second kappa shape index (κ2) is 8.95. The first-order valence-corrected chi connectivity index (χ1v) is 7.87. The fourth-order valence-corrected chi connectivity index (χ4v) is 1.91. The van der Waals surface area contributed by atoms with Crippen molar-refractivity contribution in [2.75, 3.05) is 6.61 Å². The molecule has 0 saturated heterocycles. The van der Waals surface area contributed by atoms with Crippen molar-refractivity contribution in [1.82, 2.24) is 0 Å². The van der Waals surface area contributed by atoms with Gasteiger partial charge in [-0.15, -0.1) is 0 Å². The number of hydrogen-bond acceptors (Lipinski definition) is 4. The number of halogens is 17. The molecule has 0 fully saturated rings. The second-order valence-electron chi connectivity index (χ2n) is 6.49. The predicted octanol–water partition coefficient (Wildman–Crippen LogP) is 4.07. The average molecular weight is 554 g/mol.